The summed E-state index contributed by atoms with van der Waals surface area (Å²) in [7, 11) is -3.85. The average molecular weight is 302 g/mol. The van der Waals surface area contributed by atoms with Crippen molar-refractivity contribution in [3.05, 3.63) is 29.1 Å². The highest BCUT2D eigenvalue weighted by atomic mass is 32.2. The highest BCUT2D eigenvalue weighted by Gasteiger charge is 2.21. The van der Waals surface area contributed by atoms with Crippen LogP contribution < -0.4 is 10.0 Å². The molecule has 2 N–H and O–H groups in total. The van der Waals surface area contributed by atoms with Gasteiger partial charge >= 0.3 is 0 Å². The molecule has 0 aromatic heterocycles. The third-order valence-electron chi connectivity index (χ3n) is 2.57. The molecule has 0 spiro atoms. The van der Waals surface area contributed by atoms with Crippen LogP contribution in [0.2, 0.25) is 0 Å². The summed E-state index contributed by atoms with van der Waals surface area (Å²) in [5.41, 5.74) is 0.610. The van der Waals surface area contributed by atoms with Crippen LogP contribution in [0.4, 0.5) is 4.39 Å². The maximum absolute atomic E-state index is 13.2. The van der Waals surface area contributed by atoms with Gasteiger partial charge in [-0.2, -0.15) is 0 Å². The lowest BCUT2D eigenvalue weighted by atomic mass is 10.1. The number of carbonyl (C=O) groups excluding carboxylic acids is 1. The Morgan fingerprint density at radius 1 is 1.25 bits per heavy atom. The summed E-state index contributed by atoms with van der Waals surface area (Å²) in [6.07, 6.45) is 0. The summed E-state index contributed by atoms with van der Waals surface area (Å²) in [4.78, 5) is 11.5. The van der Waals surface area contributed by atoms with E-state index in [0.29, 0.717) is 11.1 Å². The zero-order chi connectivity index (χ0) is 15.5. The van der Waals surface area contributed by atoms with Crippen molar-refractivity contribution in [2.24, 2.45) is 0 Å². The molecule has 0 radical (unpaired) electrons. The highest BCUT2D eigenvalue weighted by molar-refractivity contribution is 7.89. The predicted molar refractivity (Wildman–Crippen MR) is 74.3 cm³/mol. The van der Waals surface area contributed by atoms with Crippen molar-refractivity contribution < 1.29 is 17.6 Å². The van der Waals surface area contributed by atoms with E-state index >= 15 is 0 Å². The summed E-state index contributed by atoms with van der Waals surface area (Å²) in [5, 5.41) is 2.58. The van der Waals surface area contributed by atoms with Crippen LogP contribution in [0.15, 0.2) is 17.0 Å². The number of halogens is 1. The number of nitrogens with one attached hydrogen (secondary N) is 2. The van der Waals surface area contributed by atoms with Crippen LogP contribution in [0.1, 0.15) is 25.0 Å². The van der Waals surface area contributed by atoms with Crippen LogP contribution in [-0.2, 0) is 14.8 Å². The topological polar surface area (TPSA) is 75.3 Å². The Morgan fingerprint density at radius 2 is 1.75 bits per heavy atom. The summed E-state index contributed by atoms with van der Waals surface area (Å²) < 4.78 is 39.7. The first-order valence-corrected chi connectivity index (χ1v) is 7.67. The molecule has 1 aromatic rings. The van der Waals surface area contributed by atoms with E-state index in [1.165, 1.54) is 13.8 Å². The summed E-state index contributed by atoms with van der Waals surface area (Å²) in [5.74, 6) is -0.905. The molecule has 0 aliphatic carbocycles. The second-order valence-corrected chi connectivity index (χ2v) is 6.62. The van der Waals surface area contributed by atoms with Crippen molar-refractivity contribution in [2.45, 2.75) is 38.6 Å². The molecule has 0 aliphatic rings. The predicted octanol–water partition coefficient (Wildman–Crippen LogP) is 1.25. The van der Waals surface area contributed by atoms with Crippen molar-refractivity contribution in [1.29, 1.82) is 0 Å². The fraction of sp³-hybridized carbons (Fsp3) is 0.462. The molecule has 1 rings (SSSR count). The zero-order valence-electron chi connectivity index (χ0n) is 12.0. The van der Waals surface area contributed by atoms with Gasteiger partial charge in [0, 0.05) is 6.04 Å². The van der Waals surface area contributed by atoms with E-state index in [0.717, 1.165) is 12.1 Å². The number of amides is 1. The molecule has 0 saturated heterocycles. The van der Waals surface area contributed by atoms with Gasteiger partial charge in [-0.15, -0.1) is 0 Å². The van der Waals surface area contributed by atoms with Gasteiger partial charge in [-0.25, -0.2) is 17.5 Å². The number of carbonyl (C=O) groups is 1. The Bertz CT molecular complexity index is 589. The molecule has 1 aromatic carbocycles. The van der Waals surface area contributed by atoms with Gasteiger partial charge in [-0.05, 0) is 51.0 Å². The van der Waals surface area contributed by atoms with Crippen molar-refractivity contribution >= 4 is 15.9 Å². The smallest absolute Gasteiger partial charge is 0.241 e. The number of aryl methyl sites for hydroxylation is 2. The van der Waals surface area contributed by atoms with Crippen LogP contribution in [0.5, 0.6) is 0 Å². The first-order chi connectivity index (χ1) is 9.13. The minimum Gasteiger partial charge on any atom is -0.353 e. The molecule has 0 unspecified atom stereocenters. The Kier molecular flexibility index (Phi) is 5.24. The second kappa shape index (κ2) is 6.32. The third-order valence-corrected chi connectivity index (χ3v) is 4.27. The SMILES string of the molecule is Cc1cc(F)cc(C)c1S(=O)(=O)NCC(=O)NC(C)C. The highest BCUT2D eigenvalue weighted by Crippen LogP contribution is 2.20. The van der Waals surface area contributed by atoms with Gasteiger partial charge in [0.2, 0.25) is 15.9 Å². The van der Waals surface area contributed by atoms with Crippen LogP contribution in [0.25, 0.3) is 0 Å². The minimum absolute atomic E-state index is 0.0104. The maximum Gasteiger partial charge on any atom is 0.241 e. The van der Waals surface area contributed by atoms with E-state index in [2.05, 4.69) is 10.0 Å². The van der Waals surface area contributed by atoms with Gasteiger partial charge in [-0.1, -0.05) is 0 Å². The fourth-order valence-electron chi connectivity index (χ4n) is 1.93. The first kappa shape index (κ1) is 16.6. The fourth-order valence-corrected chi connectivity index (χ4v) is 3.36. The van der Waals surface area contributed by atoms with Gasteiger partial charge < -0.3 is 5.32 Å². The lowest BCUT2D eigenvalue weighted by molar-refractivity contribution is -0.120. The molecule has 7 heteroatoms. The quantitative estimate of drug-likeness (QED) is 0.859. The standard InChI is InChI=1S/C13H19FN2O3S/c1-8(2)16-12(17)7-15-20(18,19)13-9(3)5-11(14)6-10(13)4/h5-6,8,15H,7H2,1-4H3,(H,16,17). The van der Waals surface area contributed by atoms with E-state index in [1.807, 2.05) is 0 Å². The second-order valence-electron chi connectivity index (χ2n) is 4.92. The van der Waals surface area contributed by atoms with Gasteiger partial charge in [-0.3, -0.25) is 4.79 Å². The third kappa shape index (κ3) is 4.28. The molecule has 0 saturated carbocycles. The monoisotopic (exact) mass is 302 g/mol. The average Bonchev–Trinajstić information content (AvgIpc) is 2.23. The summed E-state index contributed by atoms with van der Waals surface area (Å²) in [6, 6.07) is 2.23. The molecule has 0 heterocycles. The zero-order valence-corrected chi connectivity index (χ0v) is 12.8. The molecule has 0 aliphatic heterocycles. The molecule has 0 atom stereocenters. The Hall–Kier alpha value is -1.47. The van der Waals surface area contributed by atoms with Gasteiger partial charge in [0.15, 0.2) is 0 Å². The Labute approximate surface area is 118 Å². The number of sulfonamides is 1. The Balaban J connectivity index is 2.93. The van der Waals surface area contributed by atoms with Gasteiger partial charge in [0.1, 0.15) is 5.82 Å². The number of benzene rings is 1. The molecular formula is C13H19FN2O3S. The lowest BCUT2D eigenvalue weighted by Crippen LogP contribution is -2.40. The van der Waals surface area contributed by atoms with Crippen LogP contribution >= 0.6 is 0 Å². The van der Waals surface area contributed by atoms with Crippen LogP contribution in [0, 0.1) is 19.7 Å². The summed E-state index contributed by atoms with van der Waals surface area (Å²) in [6.45, 7) is 6.23. The first-order valence-electron chi connectivity index (χ1n) is 6.19. The molecule has 1 amide bonds. The largest absolute Gasteiger partial charge is 0.353 e. The lowest BCUT2D eigenvalue weighted by Gasteiger charge is -2.13. The van der Waals surface area contributed by atoms with Gasteiger partial charge in [0.05, 0.1) is 11.4 Å². The molecule has 112 valence electrons. The van der Waals surface area contributed by atoms with Crippen LogP contribution in [0.3, 0.4) is 0 Å². The van der Waals surface area contributed by atoms with Crippen LogP contribution in [-0.4, -0.2) is 26.9 Å². The molecule has 20 heavy (non-hydrogen) atoms. The maximum atomic E-state index is 13.2. The molecule has 0 fully saturated rings. The van der Waals surface area contributed by atoms with Crippen molar-refractivity contribution in [2.75, 3.05) is 6.54 Å². The van der Waals surface area contributed by atoms with Gasteiger partial charge in [0.25, 0.3) is 0 Å². The number of hydrogen-bond donors (Lipinski definition) is 2. The Morgan fingerprint density at radius 3 is 2.20 bits per heavy atom. The van der Waals surface area contributed by atoms with Crippen molar-refractivity contribution in [1.82, 2.24) is 10.0 Å². The minimum atomic E-state index is -3.85. The van der Waals surface area contributed by atoms with Crippen molar-refractivity contribution in [3.8, 4) is 0 Å². The molecular weight excluding hydrogens is 283 g/mol. The molecule has 0 bridgehead atoms. The van der Waals surface area contributed by atoms with E-state index in [-0.39, 0.29) is 17.5 Å². The molecule has 5 nitrogen and oxygen atoms in total. The van der Waals surface area contributed by atoms with E-state index < -0.39 is 21.7 Å². The summed E-state index contributed by atoms with van der Waals surface area (Å²) >= 11 is 0. The van der Waals surface area contributed by atoms with E-state index in [4.69, 9.17) is 0 Å². The van der Waals surface area contributed by atoms with E-state index in [9.17, 15) is 17.6 Å². The van der Waals surface area contributed by atoms with E-state index in [1.54, 1.807) is 13.8 Å². The number of rotatable bonds is 5. The normalized spacial score (nSPS) is 11.7. The van der Waals surface area contributed by atoms with Crippen molar-refractivity contribution in [3.63, 3.8) is 0 Å². The number of hydrogen-bond acceptors (Lipinski definition) is 3.